The number of ketones is 1. The maximum Gasteiger partial charge on any atom is 0.192 e. The van der Waals surface area contributed by atoms with Crippen LogP contribution in [-0.2, 0) is 4.43 Å². The van der Waals surface area contributed by atoms with Gasteiger partial charge in [0.05, 0.1) is 5.02 Å². The fourth-order valence-corrected chi connectivity index (χ4v) is 3.46. The van der Waals surface area contributed by atoms with Crippen molar-refractivity contribution in [2.45, 2.75) is 58.4 Å². The molecular formula is C16H25ClO2Si. The van der Waals surface area contributed by atoms with Gasteiger partial charge in [-0.2, -0.15) is 0 Å². The van der Waals surface area contributed by atoms with E-state index in [1.807, 2.05) is 19.1 Å². The summed E-state index contributed by atoms with van der Waals surface area (Å²) in [5.74, 6) is 0.0433. The van der Waals surface area contributed by atoms with E-state index in [4.69, 9.17) is 16.0 Å². The van der Waals surface area contributed by atoms with E-state index in [1.54, 1.807) is 12.1 Å². The minimum absolute atomic E-state index is 0.0433. The molecular weight excluding hydrogens is 288 g/mol. The standard InChI is InChI=1S/C16H25ClO2Si/c1-12(19-20(5,6)16(2,3)4)11-15(18)13-9-7-8-10-14(13)17/h7-10,12H,11H2,1-6H3. The molecule has 0 radical (unpaired) electrons. The highest BCUT2D eigenvalue weighted by Crippen LogP contribution is 2.37. The number of halogens is 1. The average Bonchev–Trinajstić information content (AvgIpc) is 2.26. The fourth-order valence-electron chi connectivity index (χ4n) is 1.78. The van der Waals surface area contributed by atoms with Gasteiger partial charge in [0.15, 0.2) is 14.1 Å². The Morgan fingerprint density at radius 2 is 1.85 bits per heavy atom. The molecule has 0 heterocycles. The normalized spacial score (nSPS) is 14.2. The molecule has 20 heavy (non-hydrogen) atoms. The van der Waals surface area contributed by atoms with Crippen LogP contribution in [0.15, 0.2) is 24.3 Å². The Morgan fingerprint density at radius 3 is 2.35 bits per heavy atom. The highest BCUT2D eigenvalue weighted by molar-refractivity contribution is 6.74. The van der Waals surface area contributed by atoms with Gasteiger partial charge in [-0.3, -0.25) is 4.79 Å². The molecule has 0 saturated carbocycles. The Morgan fingerprint density at radius 1 is 1.30 bits per heavy atom. The number of carbonyl (C=O) groups is 1. The van der Waals surface area contributed by atoms with Gasteiger partial charge in [-0.25, -0.2) is 0 Å². The summed E-state index contributed by atoms with van der Waals surface area (Å²) in [5.41, 5.74) is 0.583. The molecule has 0 aliphatic carbocycles. The summed E-state index contributed by atoms with van der Waals surface area (Å²) in [6.07, 6.45) is 0.288. The van der Waals surface area contributed by atoms with Crippen LogP contribution in [0.4, 0.5) is 0 Å². The second-order valence-corrected chi connectivity index (χ2v) is 12.0. The number of hydrogen-bond donors (Lipinski definition) is 0. The summed E-state index contributed by atoms with van der Waals surface area (Å²) in [5, 5.41) is 0.659. The Balaban J connectivity index is 2.70. The van der Waals surface area contributed by atoms with E-state index in [0.717, 1.165) is 0 Å². The van der Waals surface area contributed by atoms with E-state index in [0.29, 0.717) is 17.0 Å². The van der Waals surface area contributed by atoms with Crippen LogP contribution in [0.3, 0.4) is 0 Å². The predicted molar refractivity (Wildman–Crippen MR) is 88.1 cm³/mol. The van der Waals surface area contributed by atoms with Crippen molar-refractivity contribution >= 4 is 25.7 Å². The van der Waals surface area contributed by atoms with Gasteiger partial charge in [0.1, 0.15) is 0 Å². The first-order valence-corrected chi connectivity index (χ1v) is 10.3. The topological polar surface area (TPSA) is 26.3 Å². The SMILES string of the molecule is CC(CC(=O)c1ccccc1Cl)O[Si](C)(C)C(C)(C)C. The Labute approximate surface area is 128 Å². The zero-order valence-electron chi connectivity index (χ0n) is 13.3. The third kappa shape index (κ3) is 4.44. The number of rotatable bonds is 5. The molecule has 0 N–H and O–H groups in total. The lowest BCUT2D eigenvalue weighted by Crippen LogP contribution is -2.43. The van der Waals surface area contributed by atoms with Gasteiger partial charge in [-0.15, -0.1) is 0 Å². The lowest BCUT2D eigenvalue weighted by atomic mass is 10.1. The van der Waals surface area contributed by atoms with Crippen LogP contribution >= 0.6 is 11.6 Å². The molecule has 1 rings (SSSR count). The van der Waals surface area contributed by atoms with E-state index >= 15 is 0 Å². The molecule has 0 spiro atoms. The van der Waals surface area contributed by atoms with Crippen LogP contribution in [0, 0.1) is 0 Å². The van der Waals surface area contributed by atoms with Crippen molar-refractivity contribution in [3.05, 3.63) is 34.9 Å². The summed E-state index contributed by atoms with van der Waals surface area (Å²) < 4.78 is 6.21. The largest absolute Gasteiger partial charge is 0.414 e. The lowest BCUT2D eigenvalue weighted by Gasteiger charge is -2.38. The quantitative estimate of drug-likeness (QED) is 0.543. The van der Waals surface area contributed by atoms with Gasteiger partial charge >= 0.3 is 0 Å². The van der Waals surface area contributed by atoms with Crippen LogP contribution in [-0.4, -0.2) is 20.2 Å². The molecule has 1 aromatic rings. The van der Waals surface area contributed by atoms with Gasteiger partial charge in [0.25, 0.3) is 0 Å². The Kier molecular flexibility index (Phi) is 5.59. The average molecular weight is 313 g/mol. The molecule has 0 saturated heterocycles. The molecule has 112 valence electrons. The predicted octanol–water partition coefficient (Wildman–Crippen LogP) is 5.32. The first kappa shape index (κ1) is 17.4. The minimum Gasteiger partial charge on any atom is -0.414 e. The molecule has 2 nitrogen and oxygen atoms in total. The molecule has 0 bridgehead atoms. The molecule has 0 amide bonds. The monoisotopic (exact) mass is 312 g/mol. The number of benzene rings is 1. The van der Waals surface area contributed by atoms with Crippen molar-refractivity contribution in [3.8, 4) is 0 Å². The molecule has 1 unspecified atom stereocenters. The summed E-state index contributed by atoms with van der Waals surface area (Å²) >= 11 is 6.06. The van der Waals surface area contributed by atoms with E-state index in [2.05, 4.69) is 33.9 Å². The van der Waals surface area contributed by atoms with E-state index < -0.39 is 8.32 Å². The smallest absolute Gasteiger partial charge is 0.192 e. The van der Waals surface area contributed by atoms with E-state index in [1.165, 1.54) is 0 Å². The lowest BCUT2D eigenvalue weighted by molar-refractivity contribution is 0.0910. The van der Waals surface area contributed by atoms with Crippen molar-refractivity contribution < 1.29 is 9.22 Å². The first-order chi connectivity index (χ1) is 9.04. The maximum atomic E-state index is 12.3. The molecule has 0 fully saturated rings. The van der Waals surface area contributed by atoms with Crippen LogP contribution in [0.2, 0.25) is 23.2 Å². The third-order valence-electron chi connectivity index (χ3n) is 3.95. The van der Waals surface area contributed by atoms with Gasteiger partial charge < -0.3 is 4.43 Å². The summed E-state index contributed by atoms with van der Waals surface area (Å²) in [6, 6.07) is 7.17. The highest BCUT2D eigenvalue weighted by Gasteiger charge is 2.38. The van der Waals surface area contributed by atoms with Gasteiger partial charge in [0.2, 0.25) is 0 Å². The van der Waals surface area contributed by atoms with Crippen molar-refractivity contribution in [1.29, 1.82) is 0 Å². The second-order valence-electron chi connectivity index (χ2n) is 6.80. The second kappa shape index (κ2) is 6.42. The van der Waals surface area contributed by atoms with Crippen molar-refractivity contribution in [2.75, 3.05) is 0 Å². The van der Waals surface area contributed by atoms with Crippen molar-refractivity contribution in [2.24, 2.45) is 0 Å². The summed E-state index contributed by atoms with van der Waals surface area (Å²) in [7, 11) is -1.83. The fraction of sp³-hybridized carbons (Fsp3) is 0.562. The van der Waals surface area contributed by atoms with Crippen LogP contribution < -0.4 is 0 Å². The van der Waals surface area contributed by atoms with Crippen LogP contribution in [0.5, 0.6) is 0 Å². The zero-order valence-corrected chi connectivity index (χ0v) is 15.0. The first-order valence-electron chi connectivity index (χ1n) is 7.00. The van der Waals surface area contributed by atoms with Crippen molar-refractivity contribution in [1.82, 2.24) is 0 Å². The van der Waals surface area contributed by atoms with Gasteiger partial charge in [-0.1, -0.05) is 44.5 Å². The Bertz CT molecular complexity index is 478. The maximum absolute atomic E-state index is 12.3. The summed E-state index contributed by atoms with van der Waals surface area (Å²) in [4.78, 5) is 12.3. The zero-order chi connectivity index (χ0) is 15.6. The molecule has 0 aromatic heterocycles. The van der Waals surface area contributed by atoms with E-state index in [9.17, 15) is 4.79 Å². The third-order valence-corrected chi connectivity index (χ3v) is 8.88. The molecule has 1 atom stereocenters. The number of carbonyl (C=O) groups excluding carboxylic acids is 1. The minimum atomic E-state index is -1.83. The molecule has 0 aliphatic heterocycles. The molecule has 4 heteroatoms. The van der Waals surface area contributed by atoms with Crippen LogP contribution in [0.1, 0.15) is 44.5 Å². The van der Waals surface area contributed by atoms with Gasteiger partial charge in [-0.05, 0) is 37.2 Å². The highest BCUT2D eigenvalue weighted by atomic mass is 35.5. The van der Waals surface area contributed by atoms with Crippen LogP contribution in [0.25, 0.3) is 0 Å². The van der Waals surface area contributed by atoms with Gasteiger partial charge in [0, 0.05) is 18.1 Å². The number of hydrogen-bond acceptors (Lipinski definition) is 2. The summed E-state index contributed by atoms with van der Waals surface area (Å²) in [6.45, 7) is 13.0. The Hall–Kier alpha value is -0.643. The number of Topliss-reactive ketones (excluding diaryl/α,β-unsaturated/α-hetero) is 1. The molecule has 1 aromatic carbocycles. The molecule has 0 aliphatic rings. The van der Waals surface area contributed by atoms with Crippen molar-refractivity contribution in [3.63, 3.8) is 0 Å². The van der Waals surface area contributed by atoms with E-state index in [-0.39, 0.29) is 16.9 Å².